The molecule has 19 heavy (non-hydrogen) atoms. The van der Waals surface area contributed by atoms with Gasteiger partial charge in [-0.05, 0) is 32.5 Å². The molecule has 102 valence electrons. The van der Waals surface area contributed by atoms with Crippen molar-refractivity contribution in [2.75, 3.05) is 25.5 Å². The molecule has 5 heteroatoms. The SMILES string of the molecule is Cc1nsc(NCCCN(C)Cc2ccccc2)n1. The lowest BCUT2D eigenvalue weighted by Crippen LogP contribution is -2.21. The van der Waals surface area contributed by atoms with Crippen molar-refractivity contribution >= 4 is 16.7 Å². The van der Waals surface area contributed by atoms with E-state index in [2.05, 4.69) is 57.0 Å². The molecule has 2 rings (SSSR count). The molecule has 0 spiro atoms. The second kappa shape index (κ2) is 7.21. The molecule has 4 nitrogen and oxygen atoms in total. The van der Waals surface area contributed by atoms with Gasteiger partial charge in [-0.1, -0.05) is 30.3 Å². The van der Waals surface area contributed by atoms with E-state index in [9.17, 15) is 0 Å². The smallest absolute Gasteiger partial charge is 0.202 e. The van der Waals surface area contributed by atoms with Gasteiger partial charge in [-0.3, -0.25) is 0 Å². The van der Waals surface area contributed by atoms with E-state index in [-0.39, 0.29) is 0 Å². The molecule has 0 aliphatic carbocycles. The van der Waals surface area contributed by atoms with Gasteiger partial charge in [0.05, 0.1) is 0 Å². The van der Waals surface area contributed by atoms with Crippen LogP contribution in [0.4, 0.5) is 5.13 Å². The highest BCUT2D eigenvalue weighted by molar-refractivity contribution is 7.09. The maximum atomic E-state index is 4.28. The Balaban J connectivity index is 1.63. The molecule has 0 saturated carbocycles. The van der Waals surface area contributed by atoms with Crippen LogP contribution in [-0.2, 0) is 6.54 Å². The predicted molar refractivity (Wildman–Crippen MR) is 80.5 cm³/mol. The summed E-state index contributed by atoms with van der Waals surface area (Å²) in [7, 11) is 2.15. The number of benzene rings is 1. The number of hydrogen-bond acceptors (Lipinski definition) is 5. The van der Waals surface area contributed by atoms with Gasteiger partial charge in [0.25, 0.3) is 0 Å². The minimum absolute atomic E-state index is 0.841. The van der Waals surface area contributed by atoms with Gasteiger partial charge in [-0.2, -0.15) is 4.37 Å². The number of hydrogen-bond donors (Lipinski definition) is 1. The molecule has 0 aliphatic heterocycles. The fourth-order valence-electron chi connectivity index (χ4n) is 1.89. The Hall–Kier alpha value is -1.46. The van der Waals surface area contributed by atoms with Crippen LogP contribution in [0.5, 0.6) is 0 Å². The molecule has 1 aromatic heterocycles. The maximum Gasteiger partial charge on any atom is 0.202 e. The van der Waals surface area contributed by atoms with E-state index in [0.717, 1.165) is 37.0 Å². The van der Waals surface area contributed by atoms with Crippen LogP contribution in [0.1, 0.15) is 17.8 Å². The van der Waals surface area contributed by atoms with Crippen LogP contribution in [-0.4, -0.2) is 34.4 Å². The van der Waals surface area contributed by atoms with E-state index in [4.69, 9.17) is 0 Å². The van der Waals surface area contributed by atoms with Gasteiger partial charge >= 0.3 is 0 Å². The van der Waals surface area contributed by atoms with Crippen LogP contribution >= 0.6 is 11.5 Å². The summed E-state index contributed by atoms with van der Waals surface area (Å²) in [6.07, 6.45) is 1.10. The molecule has 1 aromatic carbocycles. The Labute approximate surface area is 118 Å². The molecule has 0 atom stereocenters. The molecular formula is C14H20N4S. The zero-order valence-electron chi connectivity index (χ0n) is 11.5. The van der Waals surface area contributed by atoms with Crippen LogP contribution in [0, 0.1) is 6.92 Å². The van der Waals surface area contributed by atoms with E-state index >= 15 is 0 Å². The van der Waals surface area contributed by atoms with E-state index in [1.165, 1.54) is 17.1 Å². The Morgan fingerprint density at radius 1 is 1.26 bits per heavy atom. The van der Waals surface area contributed by atoms with Gasteiger partial charge in [0.1, 0.15) is 5.82 Å². The molecule has 0 unspecified atom stereocenters. The normalized spacial score (nSPS) is 10.9. The van der Waals surface area contributed by atoms with Gasteiger partial charge in [-0.15, -0.1) is 0 Å². The maximum absolute atomic E-state index is 4.28. The van der Waals surface area contributed by atoms with Crippen molar-refractivity contribution in [1.29, 1.82) is 0 Å². The standard InChI is InChI=1S/C14H20N4S/c1-12-16-14(19-17-12)15-9-6-10-18(2)11-13-7-4-3-5-8-13/h3-5,7-8H,6,9-11H2,1-2H3,(H,15,16,17). The van der Waals surface area contributed by atoms with Gasteiger partial charge in [0.15, 0.2) is 0 Å². The number of anilines is 1. The van der Waals surface area contributed by atoms with Gasteiger partial charge < -0.3 is 10.2 Å². The highest BCUT2D eigenvalue weighted by Crippen LogP contribution is 2.09. The predicted octanol–water partition coefficient (Wildman–Crippen LogP) is 2.78. The fraction of sp³-hybridized carbons (Fsp3) is 0.429. The van der Waals surface area contributed by atoms with E-state index in [1.54, 1.807) is 0 Å². The van der Waals surface area contributed by atoms with Crippen molar-refractivity contribution in [2.24, 2.45) is 0 Å². The third kappa shape index (κ3) is 4.96. The van der Waals surface area contributed by atoms with Crippen molar-refractivity contribution in [1.82, 2.24) is 14.3 Å². The first-order valence-corrected chi connectivity index (χ1v) is 7.28. The molecule has 0 amide bonds. The number of nitrogens with one attached hydrogen (secondary N) is 1. The summed E-state index contributed by atoms with van der Waals surface area (Å²) in [5.74, 6) is 0.841. The third-order valence-corrected chi connectivity index (χ3v) is 3.58. The van der Waals surface area contributed by atoms with Crippen molar-refractivity contribution in [3.63, 3.8) is 0 Å². The van der Waals surface area contributed by atoms with Crippen LogP contribution in [0.15, 0.2) is 30.3 Å². The summed E-state index contributed by atoms with van der Waals surface area (Å²) < 4.78 is 4.14. The summed E-state index contributed by atoms with van der Waals surface area (Å²) in [5.41, 5.74) is 1.36. The molecule has 0 radical (unpaired) electrons. The fourth-order valence-corrected chi connectivity index (χ4v) is 2.49. The highest BCUT2D eigenvalue weighted by Gasteiger charge is 2.01. The average molecular weight is 276 g/mol. The molecule has 1 N–H and O–H groups in total. The average Bonchev–Trinajstić information content (AvgIpc) is 2.82. The van der Waals surface area contributed by atoms with Gasteiger partial charge in [0.2, 0.25) is 5.13 Å². The zero-order valence-corrected chi connectivity index (χ0v) is 12.3. The Morgan fingerprint density at radius 3 is 2.74 bits per heavy atom. The first kappa shape index (κ1) is 14.0. The summed E-state index contributed by atoms with van der Waals surface area (Å²) in [6, 6.07) is 10.6. The van der Waals surface area contributed by atoms with Gasteiger partial charge in [-0.25, -0.2) is 4.98 Å². The lowest BCUT2D eigenvalue weighted by Gasteiger charge is -2.16. The molecule has 0 bridgehead atoms. The first-order valence-electron chi connectivity index (χ1n) is 6.50. The number of aromatic nitrogens is 2. The van der Waals surface area contributed by atoms with Crippen LogP contribution in [0.3, 0.4) is 0 Å². The summed E-state index contributed by atoms with van der Waals surface area (Å²) in [6.45, 7) is 4.92. The minimum Gasteiger partial charge on any atom is -0.360 e. The monoisotopic (exact) mass is 276 g/mol. The number of rotatable bonds is 7. The Morgan fingerprint density at radius 2 is 2.05 bits per heavy atom. The van der Waals surface area contributed by atoms with Gasteiger partial charge in [0, 0.05) is 24.6 Å². The topological polar surface area (TPSA) is 41.1 Å². The lowest BCUT2D eigenvalue weighted by atomic mass is 10.2. The molecule has 0 saturated heterocycles. The summed E-state index contributed by atoms with van der Waals surface area (Å²) >= 11 is 1.43. The molecular weight excluding hydrogens is 256 g/mol. The Bertz CT molecular complexity index is 483. The summed E-state index contributed by atoms with van der Waals surface area (Å²) in [4.78, 5) is 6.61. The highest BCUT2D eigenvalue weighted by atomic mass is 32.1. The number of nitrogens with zero attached hydrogens (tertiary/aromatic N) is 3. The summed E-state index contributed by atoms with van der Waals surface area (Å²) in [5, 5.41) is 4.22. The largest absolute Gasteiger partial charge is 0.360 e. The molecule has 0 fully saturated rings. The van der Waals surface area contributed by atoms with Crippen LogP contribution in [0.25, 0.3) is 0 Å². The third-order valence-electron chi connectivity index (χ3n) is 2.82. The quantitative estimate of drug-likeness (QED) is 0.790. The van der Waals surface area contributed by atoms with Crippen molar-refractivity contribution in [3.05, 3.63) is 41.7 Å². The van der Waals surface area contributed by atoms with Crippen molar-refractivity contribution < 1.29 is 0 Å². The second-order valence-corrected chi connectivity index (χ2v) is 5.40. The minimum atomic E-state index is 0.841. The molecule has 0 aliphatic rings. The van der Waals surface area contributed by atoms with E-state index in [1.807, 2.05) is 6.92 Å². The number of aryl methyl sites for hydroxylation is 1. The second-order valence-electron chi connectivity index (χ2n) is 4.65. The molecule has 2 aromatic rings. The zero-order chi connectivity index (χ0) is 13.5. The van der Waals surface area contributed by atoms with Crippen molar-refractivity contribution in [2.45, 2.75) is 19.9 Å². The first-order chi connectivity index (χ1) is 9.24. The Kier molecular flexibility index (Phi) is 5.30. The van der Waals surface area contributed by atoms with Crippen LogP contribution < -0.4 is 5.32 Å². The van der Waals surface area contributed by atoms with E-state index in [0.29, 0.717) is 0 Å². The lowest BCUT2D eigenvalue weighted by molar-refractivity contribution is 0.325. The van der Waals surface area contributed by atoms with Crippen LogP contribution in [0.2, 0.25) is 0 Å². The van der Waals surface area contributed by atoms with Crippen molar-refractivity contribution in [3.8, 4) is 0 Å². The molecule has 1 heterocycles. The van der Waals surface area contributed by atoms with E-state index < -0.39 is 0 Å².